The van der Waals surface area contributed by atoms with Gasteiger partial charge in [-0.1, -0.05) is 53.5 Å². The lowest BCUT2D eigenvalue weighted by Gasteiger charge is -2.23. The van der Waals surface area contributed by atoms with Crippen molar-refractivity contribution in [3.63, 3.8) is 0 Å². The molecule has 5 heteroatoms. The van der Waals surface area contributed by atoms with Crippen LogP contribution in [-0.2, 0) is 10.2 Å². The topological polar surface area (TPSA) is 68.0 Å². The second-order valence-electron chi connectivity index (χ2n) is 4.98. The number of nitrogens with one attached hydrogen (secondary N) is 1. The van der Waals surface area contributed by atoms with Gasteiger partial charge in [0.05, 0.1) is 23.0 Å². The van der Waals surface area contributed by atoms with Gasteiger partial charge in [-0.2, -0.15) is 0 Å². The van der Waals surface area contributed by atoms with Crippen LogP contribution in [0.3, 0.4) is 0 Å². The Balaban J connectivity index is 2.12. The molecule has 1 amide bonds. The highest BCUT2D eigenvalue weighted by Crippen LogP contribution is 2.26. The van der Waals surface area contributed by atoms with Crippen molar-refractivity contribution in [3.05, 3.63) is 47.0 Å². The number of rotatable bonds is 3. The zero-order valence-corrected chi connectivity index (χ0v) is 12.8. The molecule has 0 fully saturated rings. The van der Waals surface area contributed by atoms with Crippen LogP contribution < -0.4 is 11.1 Å². The van der Waals surface area contributed by atoms with E-state index < -0.39 is 5.41 Å². The maximum absolute atomic E-state index is 12.5. The normalized spacial score (nSPS) is 10.6. The van der Waals surface area contributed by atoms with Crippen molar-refractivity contribution in [2.75, 3.05) is 11.9 Å². The Bertz CT molecular complexity index is 680. The lowest BCUT2D eigenvalue weighted by molar-refractivity contribution is -0.120. The summed E-state index contributed by atoms with van der Waals surface area (Å²) in [5, 5.41) is 3.39. The van der Waals surface area contributed by atoms with Crippen molar-refractivity contribution < 1.29 is 4.79 Å². The molecule has 2 rings (SSSR count). The molecule has 0 aliphatic carbocycles. The number of carbonyl (C=O) groups excluding carboxylic acids is 1. The van der Waals surface area contributed by atoms with Crippen molar-refractivity contribution in [2.45, 2.75) is 19.3 Å². The first kappa shape index (κ1) is 15.2. The molecule has 3 N–H and O–H groups in total. The van der Waals surface area contributed by atoms with E-state index in [1.54, 1.807) is 6.20 Å². The second-order valence-corrected chi connectivity index (χ2v) is 6.01. The largest absolute Gasteiger partial charge is 0.320 e. The van der Waals surface area contributed by atoms with Crippen LogP contribution in [0.5, 0.6) is 0 Å². The Kier molecular flexibility index (Phi) is 4.73. The number of nitrogens with two attached hydrogens (primary N) is 1. The van der Waals surface area contributed by atoms with Crippen molar-refractivity contribution >= 4 is 22.4 Å². The highest BCUT2D eigenvalue weighted by Gasteiger charge is 2.30. The van der Waals surface area contributed by atoms with Crippen LogP contribution in [0.2, 0.25) is 0 Å². The number of thiazole rings is 1. The molecule has 1 aromatic heterocycles. The van der Waals surface area contributed by atoms with E-state index in [0.29, 0.717) is 11.7 Å². The maximum Gasteiger partial charge on any atom is 0.236 e. The fourth-order valence-corrected chi connectivity index (χ4v) is 2.45. The smallest absolute Gasteiger partial charge is 0.236 e. The lowest BCUT2D eigenvalue weighted by Crippen LogP contribution is -2.34. The number of hydrogen-bond donors (Lipinski definition) is 2. The molecule has 0 unspecified atom stereocenters. The van der Waals surface area contributed by atoms with Crippen LogP contribution in [0.4, 0.5) is 5.13 Å². The molecular weight excluding hydrogens is 282 g/mol. The van der Waals surface area contributed by atoms with Gasteiger partial charge >= 0.3 is 0 Å². The van der Waals surface area contributed by atoms with Gasteiger partial charge < -0.3 is 11.1 Å². The van der Waals surface area contributed by atoms with E-state index in [0.717, 1.165) is 10.4 Å². The maximum atomic E-state index is 12.5. The molecule has 1 aromatic carbocycles. The number of amides is 1. The third kappa shape index (κ3) is 3.69. The minimum Gasteiger partial charge on any atom is -0.320 e. The van der Waals surface area contributed by atoms with Gasteiger partial charge in [0.1, 0.15) is 0 Å². The van der Waals surface area contributed by atoms with Crippen LogP contribution in [0.1, 0.15) is 24.3 Å². The van der Waals surface area contributed by atoms with E-state index in [2.05, 4.69) is 22.1 Å². The van der Waals surface area contributed by atoms with Crippen LogP contribution in [0.25, 0.3) is 0 Å². The quantitative estimate of drug-likeness (QED) is 0.855. The van der Waals surface area contributed by atoms with Gasteiger partial charge in [0, 0.05) is 0 Å². The Hall–Kier alpha value is -2.16. The van der Waals surface area contributed by atoms with Crippen LogP contribution >= 0.6 is 11.3 Å². The van der Waals surface area contributed by atoms with E-state index in [-0.39, 0.29) is 5.91 Å². The fourth-order valence-electron chi connectivity index (χ4n) is 1.77. The summed E-state index contributed by atoms with van der Waals surface area (Å²) in [4.78, 5) is 17.4. The van der Waals surface area contributed by atoms with Crippen molar-refractivity contribution in [1.82, 2.24) is 4.98 Å². The van der Waals surface area contributed by atoms with Crippen LogP contribution in [-0.4, -0.2) is 17.4 Å². The Morgan fingerprint density at radius 2 is 2.10 bits per heavy atom. The lowest BCUT2D eigenvalue weighted by atomic mass is 9.84. The predicted molar refractivity (Wildman–Crippen MR) is 86.1 cm³/mol. The minimum absolute atomic E-state index is 0.0959. The van der Waals surface area contributed by atoms with Gasteiger partial charge in [-0.05, 0) is 19.4 Å². The first-order valence-corrected chi connectivity index (χ1v) is 7.37. The summed E-state index contributed by atoms with van der Waals surface area (Å²) < 4.78 is 0. The molecule has 0 atom stereocenters. The van der Waals surface area contributed by atoms with Crippen molar-refractivity contribution in [2.24, 2.45) is 5.73 Å². The van der Waals surface area contributed by atoms with E-state index in [9.17, 15) is 4.79 Å². The van der Waals surface area contributed by atoms with Gasteiger partial charge in [-0.3, -0.25) is 4.79 Å². The van der Waals surface area contributed by atoms with E-state index in [1.807, 2.05) is 44.2 Å². The van der Waals surface area contributed by atoms with E-state index in [4.69, 9.17) is 5.73 Å². The molecule has 0 aliphatic heterocycles. The van der Waals surface area contributed by atoms with Gasteiger partial charge in [0.2, 0.25) is 5.91 Å². The third-order valence-electron chi connectivity index (χ3n) is 3.10. The Morgan fingerprint density at radius 3 is 2.76 bits per heavy atom. The van der Waals surface area contributed by atoms with Crippen molar-refractivity contribution in [3.8, 4) is 11.8 Å². The molecule has 21 heavy (non-hydrogen) atoms. The van der Waals surface area contributed by atoms with Crippen LogP contribution in [0, 0.1) is 11.8 Å². The summed E-state index contributed by atoms with van der Waals surface area (Å²) in [6.45, 7) is 4.08. The van der Waals surface area contributed by atoms with E-state index >= 15 is 0 Å². The zero-order chi connectivity index (χ0) is 15.3. The number of benzene rings is 1. The number of hydrogen-bond acceptors (Lipinski definition) is 4. The zero-order valence-electron chi connectivity index (χ0n) is 12.0. The average Bonchev–Trinajstić information content (AvgIpc) is 2.93. The molecule has 1 heterocycles. The fraction of sp³-hybridized carbons (Fsp3) is 0.250. The van der Waals surface area contributed by atoms with Gasteiger partial charge in [0.15, 0.2) is 5.13 Å². The van der Waals surface area contributed by atoms with Gasteiger partial charge in [-0.25, -0.2) is 4.98 Å². The van der Waals surface area contributed by atoms with Crippen molar-refractivity contribution in [1.29, 1.82) is 0 Å². The molecule has 108 valence electrons. The Morgan fingerprint density at radius 1 is 1.38 bits per heavy atom. The van der Waals surface area contributed by atoms with Crippen LogP contribution in [0.15, 0.2) is 36.5 Å². The molecule has 0 radical (unpaired) electrons. The molecule has 0 saturated carbocycles. The molecule has 0 aliphatic rings. The Labute approximate surface area is 128 Å². The highest BCUT2D eigenvalue weighted by atomic mass is 32.1. The highest BCUT2D eigenvalue weighted by molar-refractivity contribution is 7.16. The molecule has 2 aromatic rings. The summed E-state index contributed by atoms with van der Waals surface area (Å²) in [6.07, 6.45) is 1.64. The number of anilines is 1. The molecule has 0 saturated heterocycles. The number of carbonyl (C=O) groups is 1. The third-order valence-corrected chi connectivity index (χ3v) is 3.93. The molecule has 0 bridgehead atoms. The standard InChI is InChI=1S/C16H17N3OS/c1-16(2,12-7-4-3-5-8-12)14(20)19-15-18-11-13(21-15)9-6-10-17/h3-5,7-8,11H,10,17H2,1-2H3,(H,18,19,20). The summed E-state index contributed by atoms with van der Waals surface area (Å²) in [5.74, 6) is 5.56. The summed E-state index contributed by atoms with van der Waals surface area (Å²) in [5.41, 5.74) is 5.66. The molecular formula is C16H17N3OS. The van der Waals surface area contributed by atoms with Gasteiger partial charge in [0.25, 0.3) is 0 Å². The minimum atomic E-state index is -0.629. The first-order chi connectivity index (χ1) is 10.0. The molecule has 0 spiro atoms. The summed E-state index contributed by atoms with van der Waals surface area (Å²) in [6, 6.07) is 9.67. The number of nitrogens with zero attached hydrogens (tertiary/aromatic N) is 1. The van der Waals surface area contributed by atoms with E-state index in [1.165, 1.54) is 11.3 Å². The monoisotopic (exact) mass is 299 g/mol. The predicted octanol–water partition coefficient (Wildman–Crippen LogP) is 2.37. The summed E-state index contributed by atoms with van der Waals surface area (Å²) >= 11 is 1.34. The average molecular weight is 299 g/mol. The van der Waals surface area contributed by atoms with Gasteiger partial charge in [-0.15, -0.1) is 0 Å². The second kappa shape index (κ2) is 6.53. The number of aromatic nitrogens is 1. The summed E-state index contributed by atoms with van der Waals surface area (Å²) in [7, 11) is 0. The SMILES string of the molecule is CC(C)(C(=O)Nc1ncc(C#CCN)s1)c1ccccc1. The first-order valence-electron chi connectivity index (χ1n) is 6.56. The molecule has 4 nitrogen and oxygen atoms in total.